The molecule has 126 valence electrons. The number of carbonyl (C=O) groups is 2. The highest BCUT2D eigenvalue weighted by Crippen LogP contribution is 2.18. The third kappa shape index (κ3) is 3.97. The normalized spacial score (nSPS) is 18.4. The monoisotopic (exact) mass is 319 g/mol. The molecule has 0 bridgehead atoms. The first-order valence-corrected chi connectivity index (χ1v) is 8.01. The average molecular weight is 319 g/mol. The number of carbonyl (C=O) groups excluding carboxylic acids is 2. The van der Waals surface area contributed by atoms with Gasteiger partial charge in [0.15, 0.2) is 0 Å². The van der Waals surface area contributed by atoms with Crippen LogP contribution in [0.15, 0.2) is 6.07 Å². The maximum atomic E-state index is 12.9. The number of aromatic nitrogens is 2. The van der Waals surface area contributed by atoms with E-state index in [1.807, 2.05) is 13.8 Å². The molecule has 23 heavy (non-hydrogen) atoms. The summed E-state index contributed by atoms with van der Waals surface area (Å²) in [5, 5.41) is 2.81. The molecular weight excluding hydrogens is 294 g/mol. The molecule has 2 rings (SSSR count). The highest BCUT2D eigenvalue weighted by atomic mass is 16.2. The molecule has 0 radical (unpaired) electrons. The minimum atomic E-state index is -0.485. The molecule has 1 aliphatic heterocycles. The summed E-state index contributed by atoms with van der Waals surface area (Å²) < 4.78 is 0. The van der Waals surface area contributed by atoms with Crippen LogP contribution >= 0.6 is 0 Å². The highest BCUT2D eigenvalue weighted by Gasteiger charge is 2.36. The topological polar surface area (TPSA) is 101 Å². The van der Waals surface area contributed by atoms with Gasteiger partial charge >= 0.3 is 0 Å². The van der Waals surface area contributed by atoms with Crippen LogP contribution in [0.5, 0.6) is 0 Å². The Bertz CT molecular complexity index is 600. The van der Waals surface area contributed by atoms with Crippen molar-refractivity contribution < 1.29 is 9.59 Å². The van der Waals surface area contributed by atoms with Crippen molar-refractivity contribution in [3.8, 4) is 0 Å². The van der Waals surface area contributed by atoms with Gasteiger partial charge in [-0.3, -0.25) is 9.59 Å². The predicted molar refractivity (Wildman–Crippen MR) is 87.7 cm³/mol. The molecule has 0 aliphatic carbocycles. The van der Waals surface area contributed by atoms with Gasteiger partial charge in [-0.2, -0.15) is 0 Å². The van der Waals surface area contributed by atoms with Crippen LogP contribution in [0.2, 0.25) is 0 Å². The van der Waals surface area contributed by atoms with Crippen LogP contribution in [0.3, 0.4) is 0 Å². The number of amides is 2. The first-order chi connectivity index (χ1) is 10.8. The summed E-state index contributed by atoms with van der Waals surface area (Å²) in [6, 6.07) is 1.20. The molecule has 2 amide bonds. The lowest BCUT2D eigenvalue weighted by atomic mass is 9.99. The Hall–Kier alpha value is -2.18. The summed E-state index contributed by atoms with van der Waals surface area (Å²) >= 11 is 0. The van der Waals surface area contributed by atoms with Crippen LogP contribution in [-0.4, -0.2) is 45.8 Å². The van der Waals surface area contributed by atoms with Gasteiger partial charge in [0.2, 0.25) is 11.9 Å². The quantitative estimate of drug-likeness (QED) is 0.857. The second-order valence-corrected chi connectivity index (χ2v) is 6.68. The summed E-state index contributed by atoms with van der Waals surface area (Å²) in [6.07, 6.45) is 0.723. The maximum absolute atomic E-state index is 12.9. The Labute approximate surface area is 136 Å². The molecular formula is C16H25N5O2. The molecule has 7 heteroatoms. The van der Waals surface area contributed by atoms with Crippen molar-refractivity contribution in [1.82, 2.24) is 20.2 Å². The van der Waals surface area contributed by atoms with E-state index in [2.05, 4.69) is 29.1 Å². The van der Waals surface area contributed by atoms with E-state index in [-0.39, 0.29) is 29.4 Å². The number of hydrogen-bond donors (Lipinski definition) is 2. The fourth-order valence-corrected chi connectivity index (χ4v) is 2.87. The number of nitrogens with zero attached hydrogens (tertiary/aromatic N) is 3. The van der Waals surface area contributed by atoms with Gasteiger partial charge < -0.3 is 16.0 Å². The SMILES string of the molecule is CC(C)Cc1cc(C(=O)N2CCNC(=O)[C@H]2C(C)C)nc(N)n1. The fraction of sp³-hybridized carbons (Fsp3) is 0.625. The van der Waals surface area contributed by atoms with E-state index in [4.69, 9.17) is 5.73 Å². The van der Waals surface area contributed by atoms with E-state index >= 15 is 0 Å². The number of nitrogens with two attached hydrogens (primary N) is 1. The van der Waals surface area contributed by atoms with Crippen LogP contribution in [-0.2, 0) is 11.2 Å². The zero-order chi connectivity index (χ0) is 17.1. The van der Waals surface area contributed by atoms with E-state index < -0.39 is 6.04 Å². The Kier molecular flexibility index (Phi) is 5.18. The molecule has 3 N–H and O–H groups in total. The molecule has 7 nitrogen and oxygen atoms in total. The fourth-order valence-electron chi connectivity index (χ4n) is 2.87. The van der Waals surface area contributed by atoms with Crippen LogP contribution in [0.25, 0.3) is 0 Å². The largest absolute Gasteiger partial charge is 0.368 e. The predicted octanol–water partition coefficient (Wildman–Crippen LogP) is 0.854. The highest BCUT2D eigenvalue weighted by molar-refractivity contribution is 5.97. The van der Waals surface area contributed by atoms with Gasteiger partial charge in [0.1, 0.15) is 11.7 Å². The minimum Gasteiger partial charge on any atom is -0.368 e. The number of piperazine rings is 1. The summed E-state index contributed by atoms with van der Waals surface area (Å²) in [7, 11) is 0. The van der Waals surface area contributed by atoms with Crippen LogP contribution < -0.4 is 11.1 Å². The first-order valence-electron chi connectivity index (χ1n) is 8.01. The summed E-state index contributed by atoms with van der Waals surface area (Å²) in [4.78, 5) is 34.8. The summed E-state index contributed by atoms with van der Waals surface area (Å²) in [5.41, 5.74) is 6.76. The van der Waals surface area contributed by atoms with Gasteiger partial charge in [0.05, 0.1) is 0 Å². The molecule has 2 heterocycles. The van der Waals surface area contributed by atoms with Crippen molar-refractivity contribution in [3.63, 3.8) is 0 Å². The van der Waals surface area contributed by atoms with Gasteiger partial charge in [0, 0.05) is 18.8 Å². The van der Waals surface area contributed by atoms with E-state index in [0.29, 0.717) is 19.0 Å². The van der Waals surface area contributed by atoms with Crippen molar-refractivity contribution in [2.75, 3.05) is 18.8 Å². The van der Waals surface area contributed by atoms with Gasteiger partial charge in [-0.25, -0.2) is 9.97 Å². The lowest BCUT2D eigenvalue weighted by Gasteiger charge is -2.37. The number of nitrogens with one attached hydrogen (secondary N) is 1. The van der Waals surface area contributed by atoms with Crippen molar-refractivity contribution in [2.24, 2.45) is 11.8 Å². The minimum absolute atomic E-state index is 0.0218. The molecule has 1 aromatic rings. The van der Waals surface area contributed by atoms with Crippen LogP contribution in [0.1, 0.15) is 43.9 Å². The standard InChI is InChI=1S/C16H25N5O2/c1-9(2)7-11-8-12(20-16(17)19-11)15(23)21-6-5-18-14(22)13(21)10(3)4/h8-10,13H,5-7H2,1-4H3,(H,18,22)(H2,17,19,20)/t13-/m1/s1. The lowest BCUT2D eigenvalue weighted by Crippen LogP contribution is -2.59. The van der Waals surface area contributed by atoms with Gasteiger partial charge in [-0.15, -0.1) is 0 Å². The molecule has 0 aromatic carbocycles. The molecule has 0 unspecified atom stereocenters. The zero-order valence-electron chi connectivity index (χ0n) is 14.2. The maximum Gasteiger partial charge on any atom is 0.273 e. The Morgan fingerprint density at radius 3 is 2.70 bits per heavy atom. The molecule has 1 aromatic heterocycles. The summed E-state index contributed by atoms with van der Waals surface area (Å²) in [5.74, 6) is 0.126. The average Bonchev–Trinajstić information content (AvgIpc) is 2.44. The van der Waals surface area contributed by atoms with E-state index in [9.17, 15) is 9.59 Å². The number of hydrogen-bond acceptors (Lipinski definition) is 5. The summed E-state index contributed by atoms with van der Waals surface area (Å²) in [6.45, 7) is 8.92. The van der Waals surface area contributed by atoms with Crippen LogP contribution in [0.4, 0.5) is 5.95 Å². The first kappa shape index (κ1) is 17.2. The number of rotatable bonds is 4. The lowest BCUT2D eigenvalue weighted by molar-refractivity contribution is -0.129. The molecule has 0 saturated carbocycles. The smallest absolute Gasteiger partial charge is 0.273 e. The number of nitrogen functional groups attached to an aromatic ring is 1. The van der Waals surface area contributed by atoms with Gasteiger partial charge in [-0.05, 0) is 24.3 Å². The van der Waals surface area contributed by atoms with E-state index in [1.165, 1.54) is 0 Å². The number of anilines is 1. The third-order valence-corrected chi connectivity index (χ3v) is 3.78. The molecule has 1 atom stereocenters. The molecule has 1 saturated heterocycles. The second-order valence-electron chi connectivity index (χ2n) is 6.68. The van der Waals surface area contributed by atoms with Crippen molar-refractivity contribution in [3.05, 3.63) is 17.5 Å². The Morgan fingerprint density at radius 1 is 1.39 bits per heavy atom. The Morgan fingerprint density at radius 2 is 2.09 bits per heavy atom. The van der Waals surface area contributed by atoms with E-state index in [0.717, 1.165) is 12.1 Å². The van der Waals surface area contributed by atoms with Gasteiger partial charge in [-0.1, -0.05) is 27.7 Å². The molecule has 1 fully saturated rings. The van der Waals surface area contributed by atoms with E-state index in [1.54, 1.807) is 11.0 Å². The van der Waals surface area contributed by atoms with Crippen molar-refractivity contribution >= 4 is 17.8 Å². The molecule has 0 spiro atoms. The third-order valence-electron chi connectivity index (χ3n) is 3.78. The van der Waals surface area contributed by atoms with Crippen molar-refractivity contribution in [1.29, 1.82) is 0 Å². The van der Waals surface area contributed by atoms with Crippen LogP contribution in [0, 0.1) is 11.8 Å². The van der Waals surface area contributed by atoms with Gasteiger partial charge in [0.25, 0.3) is 5.91 Å². The second kappa shape index (κ2) is 6.93. The Balaban J connectivity index is 2.31. The van der Waals surface area contributed by atoms with Crippen molar-refractivity contribution in [2.45, 2.75) is 40.2 Å². The zero-order valence-corrected chi connectivity index (χ0v) is 14.2. The molecule has 1 aliphatic rings.